The number of esters is 1. The average molecular weight is 468 g/mol. The number of fused-ring (bicyclic) bond motifs is 1. The van der Waals surface area contributed by atoms with Gasteiger partial charge in [0.25, 0.3) is 0 Å². The second-order valence-electron chi connectivity index (χ2n) is 8.49. The van der Waals surface area contributed by atoms with Crippen LogP contribution < -0.4 is 23.7 Å². The zero-order valence-corrected chi connectivity index (χ0v) is 20.5. The number of benzene rings is 2. The first-order chi connectivity index (χ1) is 16.2. The van der Waals surface area contributed by atoms with Crippen molar-refractivity contribution in [1.82, 2.24) is 4.98 Å². The van der Waals surface area contributed by atoms with E-state index < -0.39 is 11.4 Å². The standard InChI is InChI=1S/C26H29NO7/c1-8-33-19-10-9-16-17(13-27-14-18(16)23(19)34-25(29)26(2,3)4)22(28)15-11-20(30-5)24(32-7)21(12-15)31-6/h9-14H,8H2,1-7H3. The zero-order valence-electron chi connectivity index (χ0n) is 20.5. The molecule has 8 heteroatoms. The Bertz CT molecular complexity index is 1200. The molecular weight excluding hydrogens is 438 g/mol. The average Bonchev–Trinajstić information content (AvgIpc) is 2.82. The van der Waals surface area contributed by atoms with Gasteiger partial charge in [-0.3, -0.25) is 14.6 Å². The smallest absolute Gasteiger partial charge is 0.316 e. The maximum atomic E-state index is 13.6. The molecule has 1 aromatic heterocycles. The van der Waals surface area contributed by atoms with Crippen LogP contribution in [0.2, 0.25) is 0 Å². The van der Waals surface area contributed by atoms with Crippen LogP contribution in [-0.2, 0) is 4.79 Å². The van der Waals surface area contributed by atoms with Gasteiger partial charge in [0, 0.05) is 28.9 Å². The predicted molar refractivity (Wildman–Crippen MR) is 128 cm³/mol. The van der Waals surface area contributed by atoms with Gasteiger partial charge in [-0.05, 0) is 57.3 Å². The Morgan fingerprint density at radius 2 is 1.50 bits per heavy atom. The molecular formula is C26H29NO7. The number of nitrogens with zero attached hydrogens (tertiary/aromatic N) is 1. The van der Waals surface area contributed by atoms with Gasteiger partial charge in [-0.1, -0.05) is 0 Å². The summed E-state index contributed by atoms with van der Waals surface area (Å²) in [6, 6.07) is 6.60. The van der Waals surface area contributed by atoms with E-state index in [1.807, 2.05) is 6.92 Å². The van der Waals surface area contributed by atoms with Gasteiger partial charge in [-0.25, -0.2) is 0 Å². The summed E-state index contributed by atoms with van der Waals surface area (Å²) in [7, 11) is 4.46. The Hall–Kier alpha value is -3.81. The molecule has 0 saturated heterocycles. The van der Waals surface area contributed by atoms with Crippen molar-refractivity contribution >= 4 is 22.5 Å². The summed E-state index contributed by atoms with van der Waals surface area (Å²) < 4.78 is 27.6. The van der Waals surface area contributed by atoms with Gasteiger partial charge >= 0.3 is 5.97 Å². The molecule has 0 aliphatic rings. The van der Waals surface area contributed by atoms with E-state index in [9.17, 15) is 9.59 Å². The van der Waals surface area contributed by atoms with E-state index >= 15 is 0 Å². The molecule has 0 aliphatic heterocycles. The van der Waals surface area contributed by atoms with Crippen LogP contribution in [-0.4, -0.2) is 44.7 Å². The second-order valence-corrected chi connectivity index (χ2v) is 8.49. The lowest BCUT2D eigenvalue weighted by Gasteiger charge is -2.20. The molecule has 0 aliphatic carbocycles. The SMILES string of the molecule is CCOc1ccc2c(C(=O)c3cc(OC)c(OC)c(OC)c3)cncc2c1OC(=O)C(C)(C)C. The predicted octanol–water partition coefficient (Wildman–Crippen LogP) is 4.84. The van der Waals surface area contributed by atoms with Crippen LogP contribution in [0.4, 0.5) is 0 Å². The first-order valence-corrected chi connectivity index (χ1v) is 10.8. The fourth-order valence-electron chi connectivity index (χ4n) is 3.37. The maximum absolute atomic E-state index is 13.6. The van der Waals surface area contributed by atoms with Gasteiger partial charge in [-0.15, -0.1) is 0 Å². The highest BCUT2D eigenvalue weighted by Gasteiger charge is 2.27. The van der Waals surface area contributed by atoms with E-state index in [4.69, 9.17) is 23.7 Å². The van der Waals surface area contributed by atoms with Crippen LogP contribution in [0.25, 0.3) is 10.8 Å². The minimum absolute atomic E-state index is 0.228. The number of rotatable bonds is 8. The lowest BCUT2D eigenvalue weighted by molar-refractivity contribution is -0.143. The van der Waals surface area contributed by atoms with Crippen LogP contribution >= 0.6 is 0 Å². The number of pyridine rings is 1. The molecule has 0 saturated carbocycles. The number of carbonyl (C=O) groups is 2. The zero-order chi connectivity index (χ0) is 25.0. The van der Waals surface area contributed by atoms with Crippen LogP contribution in [0.1, 0.15) is 43.6 Å². The van der Waals surface area contributed by atoms with E-state index in [-0.39, 0.29) is 11.5 Å². The van der Waals surface area contributed by atoms with Crippen LogP contribution in [0, 0.1) is 5.41 Å². The molecule has 2 aromatic carbocycles. The molecule has 34 heavy (non-hydrogen) atoms. The topological polar surface area (TPSA) is 93.2 Å². The number of ether oxygens (including phenoxy) is 5. The van der Waals surface area contributed by atoms with Crippen LogP contribution in [0.15, 0.2) is 36.7 Å². The minimum atomic E-state index is -0.733. The lowest BCUT2D eigenvalue weighted by atomic mass is 9.97. The molecule has 0 bridgehead atoms. The Balaban J connectivity index is 2.19. The molecule has 0 fully saturated rings. The van der Waals surface area contributed by atoms with Crippen molar-refractivity contribution in [3.63, 3.8) is 0 Å². The van der Waals surface area contributed by atoms with E-state index in [1.54, 1.807) is 51.2 Å². The van der Waals surface area contributed by atoms with Gasteiger partial charge < -0.3 is 23.7 Å². The molecule has 0 spiro atoms. The molecule has 0 N–H and O–H groups in total. The lowest BCUT2D eigenvalue weighted by Crippen LogP contribution is -2.26. The Morgan fingerprint density at radius 3 is 2.03 bits per heavy atom. The highest BCUT2D eigenvalue weighted by atomic mass is 16.6. The van der Waals surface area contributed by atoms with Crippen LogP contribution in [0.5, 0.6) is 28.7 Å². The van der Waals surface area contributed by atoms with Crippen molar-refractivity contribution in [2.24, 2.45) is 5.41 Å². The van der Waals surface area contributed by atoms with E-state index in [2.05, 4.69) is 4.98 Å². The van der Waals surface area contributed by atoms with Crippen molar-refractivity contribution < 1.29 is 33.3 Å². The second kappa shape index (κ2) is 9.99. The normalized spacial score (nSPS) is 11.1. The van der Waals surface area contributed by atoms with Crippen molar-refractivity contribution in [3.8, 4) is 28.7 Å². The number of hydrogen-bond acceptors (Lipinski definition) is 8. The summed E-state index contributed by atoms with van der Waals surface area (Å²) in [5, 5.41) is 1.05. The largest absolute Gasteiger partial charge is 0.493 e. The number of carbonyl (C=O) groups excluding carboxylic acids is 2. The third-order valence-corrected chi connectivity index (χ3v) is 5.14. The van der Waals surface area contributed by atoms with Crippen molar-refractivity contribution in [3.05, 3.63) is 47.8 Å². The minimum Gasteiger partial charge on any atom is -0.493 e. The highest BCUT2D eigenvalue weighted by Crippen LogP contribution is 2.41. The van der Waals surface area contributed by atoms with Crippen molar-refractivity contribution in [2.75, 3.05) is 27.9 Å². The molecule has 3 rings (SSSR count). The number of methoxy groups -OCH3 is 3. The van der Waals surface area contributed by atoms with Crippen molar-refractivity contribution in [1.29, 1.82) is 0 Å². The summed E-state index contributed by atoms with van der Waals surface area (Å²) >= 11 is 0. The first kappa shape index (κ1) is 24.8. The molecule has 1 heterocycles. The fraction of sp³-hybridized carbons (Fsp3) is 0.346. The molecule has 0 radical (unpaired) electrons. The number of hydrogen-bond donors (Lipinski definition) is 0. The number of aromatic nitrogens is 1. The molecule has 0 unspecified atom stereocenters. The summed E-state index contributed by atoms with van der Waals surface area (Å²) in [5.41, 5.74) is -0.0864. The summed E-state index contributed by atoms with van der Waals surface area (Å²) in [5.74, 6) is 0.985. The third kappa shape index (κ3) is 4.76. The fourth-order valence-corrected chi connectivity index (χ4v) is 3.37. The quantitative estimate of drug-likeness (QED) is 0.264. The summed E-state index contributed by atoms with van der Waals surface area (Å²) in [6.45, 7) is 7.50. The Kier molecular flexibility index (Phi) is 7.29. The molecule has 3 aromatic rings. The first-order valence-electron chi connectivity index (χ1n) is 10.8. The summed E-state index contributed by atoms with van der Waals surface area (Å²) in [4.78, 5) is 30.5. The summed E-state index contributed by atoms with van der Waals surface area (Å²) in [6.07, 6.45) is 3.03. The van der Waals surface area contributed by atoms with Gasteiger partial charge in [-0.2, -0.15) is 0 Å². The Labute approximate surface area is 198 Å². The van der Waals surface area contributed by atoms with E-state index in [0.717, 1.165) is 0 Å². The van der Waals surface area contributed by atoms with Gasteiger partial charge in [0.2, 0.25) is 5.75 Å². The maximum Gasteiger partial charge on any atom is 0.316 e. The monoisotopic (exact) mass is 467 g/mol. The van der Waals surface area contributed by atoms with Gasteiger partial charge in [0.1, 0.15) is 0 Å². The third-order valence-electron chi connectivity index (χ3n) is 5.14. The molecule has 0 amide bonds. The Morgan fingerprint density at radius 1 is 0.853 bits per heavy atom. The van der Waals surface area contributed by atoms with Crippen molar-refractivity contribution in [2.45, 2.75) is 27.7 Å². The van der Waals surface area contributed by atoms with Crippen LogP contribution in [0.3, 0.4) is 0 Å². The molecule has 180 valence electrons. The molecule has 0 atom stereocenters. The number of ketones is 1. The molecule has 8 nitrogen and oxygen atoms in total. The van der Waals surface area contributed by atoms with E-state index in [0.29, 0.717) is 51.5 Å². The van der Waals surface area contributed by atoms with Gasteiger partial charge in [0.05, 0.1) is 33.4 Å². The highest BCUT2D eigenvalue weighted by molar-refractivity contribution is 6.17. The van der Waals surface area contributed by atoms with Gasteiger partial charge in [0.15, 0.2) is 28.8 Å². The van der Waals surface area contributed by atoms with E-state index in [1.165, 1.54) is 27.5 Å².